The number of halogens is 3. The number of carbonyl (C=O) groups excluding carboxylic acids is 1. The normalized spacial score (nSPS) is 17.2. The van der Waals surface area contributed by atoms with Gasteiger partial charge >= 0.3 is 6.18 Å². The van der Waals surface area contributed by atoms with Crippen LogP contribution in [-0.4, -0.2) is 56.0 Å². The highest BCUT2D eigenvalue weighted by molar-refractivity contribution is 7.92. The van der Waals surface area contributed by atoms with E-state index < -0.39 is 40.9 Å². The lowest BCUT2D eigenvalue weighted by Gasteiger charge is -2.35. The molecule has 1 spiro atoms. The van der Waals surface area contributed by atoms with Crippen LogP contribution in [0.25, 0.3) is 6.08 Å². The van der Waals surface area contributed by atoms with E-state index in [1.165, 1.54) is 43.2 Å². The SMILES string of the molecule is O=C(Nc1cccc(/C=C/CC(F)(F)F)n1)c1ccc(NS(=O)(=O)CCO)cc1N1CCC2(CC1)CC2. The molecule has 2 aliphatic rings. The molecule has 1 aromatic carbocycles. The molecule has 2 fully saturated rings. The minimum Gasteiger partial charge on any atom is -0.395 e. The van der Waals surface area contributed by atoms with Gasteiger partial charge in [-0.25, -0.2) is 13.4 Å². The van der Waals surface area contributed by atoms with Crippen molar-refractivity contribution >= 4 is 39.2 Å². The van der Waals surface area contributed by atoms with Gasteiger partial charge in [-0.15, -0.1) is 0 Å². The van der Waals surface area contributed by atoms with Crippen LogP contribution in [0.3, 0.4) is 0 Å². The van der Waals surface area contributed by atoms with Crippen molar-refractivity contribution in [2.24, 2.45) is 5.41 Å². The number of carbonyl (C=O) groups is 1. The summed E-state index contributed by atoms with van der Waals surface area (Å²) in [6.45, 7) is 0.935. The number of amides is 1. The summed E-state index contributed by atoms with van der Waals surface area (Å²) >= 11 is 0. The molecule has 200 valence electrons. The van der Waals surface area contributed by atoms with Gasteiger partial charge in [-0.3, -0.25) is 9.52 Å². The predicted molar refractivity (Wildman–Crippen MR) is 136 cm³/mol. The number of aromatic nitrogens is 1. The largest absolute Gasteiger partial charge is 0.395 e. The van der Waals surface area contributed by atoms with E-state index >= 15 is 0 Å². The van der Waals surface area contributed by atoms with Crippen LogP contribution in [-0.2, 0) is 10.0 Å². The fourth-order valence-corrected chi connectivity index (χ4v) is 5.24. The maximum absolute atomic E-state index is 13.3. The van der Waals surface area contributed by atoms with Crippen LogP contribution in [0.1, 0.15) is 48.2 Å². The van der Waals surface area contributed by atoms with Gasteiger partial charge in [0.2, 0.25) is 10.0 Å². The molecule has 0 radical (unpaired) electrons. The first-order valence-electron chi connectivity index (χ1n) is 12.0. The number of anilines is 3. The second-order valence-electron chi connectivity index (χ2n) is 9.49. The summed E-state index contributed by atoms with van der Waals surface area (Å²) in [5.74, 6) is -0.750. The monoisotopic (exact) mass is 538 g/mol. The number of piperidine rings is 1. The molecule has 1 saturated carbocycles. The van der Waals surface area contributed by atoms with Gasteiger partial charge in [-0.1, -0.05) is 12.1 Å². The number of benzene rings is 1. The molecule has 3 N–H and O–H groups in total. The van der Waals surface area contributed by atoms with Crippen LogP contribution >= 0.6 is 0 Å². The number of alkyl halides is 3. The number of hydrogen-bond acceptors (Lipinski definition) is 6. The Labute approximate surface area is 213 Å². The summed E-state index contributed by atoms with van der Waals surface area (Å²) in [6.07, 6.45) is 1.19. The van der Waals surface area contributed by atoms with Crippen molar-refractivity contribution in [2.75, 3.05) is 40.4 Å². The van der Waals surface area contributed by atoms with E-state index in [0.717, 1.165) is 32.0 Å². The maximum atomic E-state index is 13.3. The second-order valence-corrected chi connectivity index (χ2v) is 11.3. The van der Waals surface area contributed by atoms with E-state index in [4.69, 9.17) is 5.11 Å². The minimum absolute atomic E-state index is 0.174. The van der Waals surface area contributed by atoms with Crippen LogP contribution in [0.15, 0.2) is 42.5 Å². The molecule has 0 bridgehead atoms. The second kappa shape index (κ2) is 10.7. The Balaban J connectivity index is 1.55. The molecule has 12 heteroatoms. The summed E-state index contributed by atoms with van der Waals surface area (Å²) in [4.78, 5) is 19.5. The first-order chi connectivity index (χ1) is 17.5. The molecule has 1 aromatic heterocycles. The van der Waals surface area contributed by atoms with E-state index in [9.17, 15) is 26.4 Å². The molecule has 2 heterocycles. The van der Waals surface area contributed by atoms with Crippen LogP contribution in [0.2, 0.25) is 0 Å². The van der Waals surface area contributed by atoms with Crippen LogP contribution in [0.4, 0.5) is 30.4 Å². The zero-order chi connectivity index (χ0) is 26.7. The lowest BCUT2D eigenvalue weighted by Crippen LogP contribution is -2.35. The number of rotatable bonds is 9. The summed E-state index contributed by atoms with van der Waals surface area (Å²) in [5, 5.41) is 11.7. The highest BCUT2D eigenvalue weighted by Gasteiger charge is 2.44. The molecule has 0 atom stereocenters. The Hall–Kier alpha value is -3.12. The third-order valence-electron chi connectivity index (χ3n) is 6.65. The van der Waals surface area contributed by atoms with E-state index in [1.807, 2.05) is 0 Å². The number of aliphatic hydroxyl groups is 1. The summed E-state index contributed by atoms with van der Waals surface area (Å²) < 4.78 is 64.0. The van der Waals surface area contributed by atoms with Gasteiger partial charge in [0.15, 0.2) is 0 Å². The standard InChI is InChI=1S/C25H29F3N4O4S/c26-25(27,28)8-2-4-18-3-1-5-22(29-18)30-23(34)20-7-6-19(31-37(35,36)16-15-33)17-21(20)32-13-11-24(9-10-24)12-14-32/h1-7,17,31,33H,8-16H2,(H,29,30,34)/b4-2+. The van der Waals surface area contributed by atoms with Crippen molar-refractivity contribution in [1.29, 1.82) is 0 Å². The molecular weight excluding hydrogens is 509 g/mol. The van der Waals surface area contributed by atoms with Crippen molar-refractivity contribution in [1.82, 2.24) is 4.98 Å². The van der Waals surface area contributed by atoms with E-state index in [0.29, 0.717) is 16.7 Å². The molecule has 4 rings (SSSR count). The van der Waals surface area contributed by atoms with Crippen molar-refractivity contribution in [3.8, 4) is 0 Å². The van der Waals surface area contributed by atoms with Gasteiger partial charge < -0.3 is 15.3 Å². The summed E-state index contributed by atoms with van der Waals surface area (Å²) in [5.41, 5.74) is 1.82. The summed E-state index contributed by atoms with van der Waals surface area (Å²) in [6, 6.07) is 9.25. The molecule has 1 saturated heterocycles. The van der Waals surface area contributed by atoms with E-state index in [1.54, 1.807) is 12.1 Å². The first kappa shape index (κ1) is 26.9. The number of nitrogens with one attached hydrogen (secondary N) is 2. The lowest BCUT2D eigenvalue weighted by atomic mass is 9.93. The number of allylic oxidation sites excluding steroid dienone is 1. The zero-order valence-electron chi connectivity index (χ0n) is 20.1. The van der Waals surface area contributed by atoms with Crippen molar-refractivity contribution < 1.29 is 31.5 Å². The average molecular weight is 539 g/mol. The Bertz CT molecular complexity index is 1270. The fraction of sp³-hybridized carbons (Fsp3) is 0.440. The Morgan fingerprint density at radius 1 is 1.14 bits per heavy atom. The minimum atomic E-state index is -4.31. The molecule has 1 aliphatic heterocycles. The maximum Gasteiger partial charge on any atom is 0.392 e. The molecule has 1 amide bonds. The van der Waals surface area contributed by atoms with Crippen molar-refractivity contribution in [3.05, 3.63) is 53.7 Å². The number of nitrogens with zero attached hydrogens (tertiary/aromatic N) is 2. The van der Waals surface area contributed by atoms with Gasteiger partial charge in [0.05, 0.1) is 41.4 Å². The third kappa shape index (κ3) is 7.45. The zero-order valence-corrected chi connectivity index (χ0v) is 20.9. The van der Waals surface area contributed by atoms with Crippen molar-refractivity contribution in [2.45, 2.75) is 38.3 Å². The lowest BCUT2D eigenvalue weighted by molar-refractivity contribution is -0.124. The van der Waals surface area contributed by atoms with Gasteiger partial charge in [-0.2, -0.15) is 13.2 Å². The van der Waals surface area contributed by atoms with Crippen LogP contribution in [0, 0.1) is 5.41 Å². The van der Waals surface area contributed by atoms with Gasteiger partial charge in [0.25, 0.3) is 5.91 Å². The van der Waals surface area contributed by atoms with Gasteiger partial charge in [0, 0.05) is 13.1 Å². The number of aliphatic hydroxyl groups excluding tert-OH is 1. The van der Waals surface area contributed by atoms with Gasteiger partial charge in [0.1, 0.15) is 5.82 Å². The molecule has 1 aliphatic carbocycles. The van der Waals surface area contributed by atoms with E-state index in [2.05, 4.69) is 19.9 Å². The molecule has 37 heavy (non-hydrogen) atoms. The average Bonchev–Trinajstić information content (AvgIpc) is 3.57. The number of hydrogen-bond donors (Lipinski definition) is 3. The number of sulfonamides is 1. The molecule has 8 nitrogen and oxygen atoms in total. The smallest absolute Gasteiger partial charge is 0.392 e. The number of pyridine rings is 1. The molecule has 2 aromatic rings. The summed E-state index contributed by atoms with van der Waals surface area (Å²) in [7, 11) is -3.75. The highest BCUT2D eigenvalue weighted by Crippen LogP contribution is 2.54. The Morgan fingerprint density at radius 3 is 2.51 bits per heavy atom. The highest BCUT2D eigenvalue weighted by atomic mass is 32.2. The van der Waals surface area contributed by atoms with Crippen LogP contribution < -0.4 is 14.9 Å². The third-order valence-corrected chi connectivity index (χ3v) is 7.91. The molecular formula is C25H29F3N4O4S. The topological polar surface area (TPSA) is 112 Å². The van der Waals surface area contributed by atoms with Crippen LogP contribution in [0.5, 0.6) is 0 Å². The predicted octanol–water partition coefficient (Wildman–Crippen LogP) is 4.41. The molecule has 0 unspecified atom stereocenters. The quantitative estimate of drug-likeness (QED) is 0.436. The fourth-order valence-electron chi connectivity index (χ4n) is 4.41. The first-order valence-corrected chi connectivity index (χ1v) is 13.6. The Morgan fingerprint density at radius 2 is 1.86 bits per heavy atom. The van der Waals surface area contributed by atoms with Crippen molar-refractivity contribution in [3.63, 3.8) is 0 Å². The Kier molecular flexibility index (Phi) is 7.79. The van der Waals surface area contributed by atoms with Gasteiger partial charge in [-0.05, 0) is 67.5 Å². The van der Waals surface area contributed by atoms with E-state index in [-0.39, 0.29) is 17.2 Å².